The van der Waals surface area contributed by atoms with Crippen molar-refractivity contribution in [3.05, 3.63) is 93.5 Å². The summed E-state index contributed by atoms with van der Waals surface area (Å²) in [6.45, 7) is 2.08. The SMILES string of the molecule is N#Cc1c(COCC2(Cc3cccc(Br)c3)CCNCC2)cc(-c2ccccc2)cc1C(F)(F)F. The predicted octanol–water partition coefficient (Wildman–Crippen LogP) is 7.14. The number of piperidine rings is 1. The van der Waals surface area contributed by atoms with E-state index in [0.717, 1.165) is 42.9 Å². The van der Waals surface area contributed by atoms with Gasteiger partial charge in [-0.3, -0.25) is 0 Å². The number of hydrogen-bond donors (Lipinski definition) is 1. The highest BCUT2D eigenvalue weighted by atomic mass is 79.9. The number of benzene rings is 3. The van der Waals surface area contributed by atoms with E-state index in [9.17, 15) is 18.4 Å². The van der Waals surface area contributed by atoms with Gasteiger partial charge in [0.05, 0.1) is 24.3 Å². The molecule has 1 aliphatic heterocycles. The van der Waals surface area contributed by atoms with Crippen molar-refractivity contribution in [3.63, 3.8) is 0 Å². The Morgan fingerprint density at radius 3 is 2.37 bits per heavy atom. The van der Waals surface area contributed by atoms with Crippen LogP contribution in [0.4, 0.5) is 13.2 Å². The molecule has 0 aliphatic carbocycles. The zero-order valence-corrected chi connectivity index (χ0v) is 20.8. The lowest BCUT2D eigenvalue weighted by molar-refractivity contribution is -0.137. The highest BCUT2D eigenvalue weighted by molar-refractivity contribution is 9.10. The molecule has 0 radical (unpaired) electrons. The first-order valence-electron chi connectivity index (χ1n) is 11.5. The Morgan fingerprint density at radius 1 is 0.971 bits per heavy atom. The number of nitriles is 1. The average molecular weight is 543 g/mol. The van der Waals surface area contributed by atoms with Crippen molar-refractivity contribution in [2.24, 2.45) is 5.41 Å². The van der Waals surface area contributed by atoms with E-state index < -0.39 is 11.7 Å². The summed E-state index contributed by atoms with van der Waals surface area (Å²) in [6.07, 6.45) is -2.01. The number of ether oxygens (including phenoxy) is 1. The summed E-state index contributed by atoms with van der Waals surface area (Å²) in [6, 6.07) is 21.5. The molecule has 3 aromatic rings. The summed E-state index contributed by atoms with van der Waals surface area (Å²) >= 11 is 3.53. The fraction of sp³-hybridized carbons (Fsp3) is 0.321. The van der Waals surface area contributed by atoms with E-state index in [1.807, 2.05) is 18.2 Å². The minimum absolute atomic E-state index is 0.0552. The van der Waals surface area contributed by atoms with Gasteiger partial charge in [-0.05, 0) is 78.9 Å². The lowest BCUT2D eigenvalue weighted by atomic mass is 9.75. The molecule has 1 heterocycles. The summed E-state index contributed by atoms with van der Waals surface area (Å²) < 4.78 is 48.7. The molecule has 0 bridgehead atoms. The van der Waals surface area contributed by atoms with E-state index in [1.165, 1.54) is 5.56 Å². The van der Waals surface area contributed by atoms with Crippen LogP contribution in [0.25, 0.3) is 11.1 Å². The van der Waals surface area contributed by atoms with Crippen molar-refractivity contribution in [1.82, 2.24) is 5.32 Å². The van der Waals surface area contributed by atoms with E-state index in [-0.39, 0.29) is 23.1 Å². The molecule has 1 fully saturated rings. The van der Waals surface area contributed by atoms with E-state index in [2.05, 4.69) is 33.4 Å². The molecule has 0 unspecified atom stereocenters. The van der Waals surface area contributed by atoms with Gasteiger partial charge in [0, 0.05) is 9.89 Å². The Kier molecular flexibility index (Phi) is 7.95. The molecule has 7 heteroatoms. The zero-order chi connectivity index (χ0) is 24.9. The largest absolute Gasteiger partial charge is 0.417 e. The molecule has 0 amide bonds. The number of halogens is 4. The van der Waals surface area contributed by atoms with Crippen LogP contribution in [-0.2, 0) is 23.9 Å². The molecular formula is C28H26BrF3N2O. The van der Waals surface area contributed by atoms with Crippen LogP contribution in [0.3, 0.4) is 0 Å². The molecule has 0 atom stereocenters. The molecular weight excluding hydrogens is 517 g/mol. The van der Waals surface area contributed by atoms with Gasteiger partial charge in [0.25, 0.3) is 0 Å². The second kappa shape index (κ2) is 10.9. The van der Waals surface area contributed by atoms with Gasteiger partial charge in [0.15, 0.2) is 0 Å². The number of hydrogen-bond acceptors (Lipinski definition) is 3. The normalized spacial score (nSPS) is 15.5. The van der Waals surface area contributed by atoms with Crippen LogP contribution in [0.5, 0.6) is 0 Å². The molecule has 182 valence electrons. The molecule has 1 N–H and O–H groups in total. The third kappa shape index (κ3) is 6.32. The second-order valence-electron chi connectivity index (χ2n) is 9.08. The topological polar surface area (TPSA) is 45.0 Å². The van der Waals surface area contributed by atoms with Gasteiger partial charge >= 0.3 is 6.18 Å². The molecule has 0 spiro atoms. The van der Waals surface area contributed by atoms with Crippen LogP contribution in [0.1, 0.15) is 35.1 Å². The fourth-order valence-electron chi connectivity index (χ4n) is 4.76. The standard InChI is InChI=1S/C28H26BrF3N2O/c29-24-8-4-5-20(13-24)16-27(9-11-34-12-10-27)19-35-18-23-14-22(21-6-2-1-3-7-21)15-26(25(23)17-33)28(30,31)32/h1-8,13-15,34H,9-12,16,18-19H2. The maximum absolute atomic E-state index is 13.9. The van der Waals surface area contributed by atoms with Crippen molar-refractivity contribution in [3.8, 4) is 17.2 Å². The Morgan fingerprint density at radius 2 is 1.71 bits per heavy atom. The van der Waals surface area contributed by atoms with Gasteiger partial charge in [-0.15, -0.1) is 0 Å². The number of nitrogens with one attached hydrogen (secondary N) is 1. The molecule has 4 rings (SSSR count). The maximum atomic E-state index is 13.9. The van der Waals surface area contributed by atoms with Gasteiger partial charge in [-0.2, -0.15) is 18.4 Å². The van der Waals surface area contributed by atoms with Gasteiger partial charge in [-0.1, -0.05) is 58.4 Å². The fourth-order valence-corrected chi connectivity index (χ4v) is 5.20. The Balaban J connectivity index is 1.60. The Labute approximate surface area is 212 Å². The van der Waals surface area contributed by atoms with Gasteiger partial charge in [-0.25, -0.2) is 0 Å². The minimum Gasteiger partial charge on any atom is -0.376 e. The minimum atomic E-state index is -4.64. The molecule has 3 nitrogen and oxygen atoms in total. The van der Waals surface area contributed by atoms with Crippen molar-refractivity contribution >= 4 is 15.9 Å². The summed E-state index contributed by atoms with van der Waals surface area (Å²) in [5, 5.41) is 13.0. The lowest BCUT2D eigenvalue weighted by Gasteiger charge is -2.37. The third-order valence-electron chi connectivity index (χ3n) is 6.54. The Bertz CT molecular complexity index is 1200. The quantitative estimate of drug-likeness (QED) is 0.345. The Hall–Kier alpha value is -2.66. The summed E-state index contributed by atoms with van der Waals surface area (Å²) in [7, 11) is 0. The first-order valence-corrected chi connectivity index (χ1v) is 12.3. The van der Waals surface area contributed by atoms with Crippen LogP contribution in [0.15, 0.2) is 71.2 Å². The van der Waals surface area contributed by atoms with Crippen molar-refractivity contribution in [2.75, 3.05) is 19.7 Å². The van der Waals surface area contributed by atoms with Crippen molar-refractivity contribution < 1.29 is 17.9 Å². The number of alkyl halides is 3. The molecule has 35 heavy (non-hydrogen) atoms. The van der Waals surface area contributed by atoms with Crippen LogP contribution in [0.2, 0.25) is 0 Å². The van der Waals surface area contributed by atoms with Crippen molar-refractivity contribution in [2.45, 2.75) is 32.0 Å². The first kappa shape index (κ1) is 25.4. The number of nitrogens with zero attached hydrogens (tertiary/aromatic N) is 1. The zero-order valence-electron chi connectivity index (χ0n) is 19.2. The summed E-state index contributed by atoms with van der Waals surface area (Å²) in [4.78, 5) is 0. The first-order chi connectivity index (χ1) is 16.8. The maximum Gasteiger partial charge on any atom is 0.417 e. The van der Waals surface area contributed by atoms with Gasteiger partial charge in [0.1, 0.15) is 6.07 Å². The van der Waals surface area contributed by atoms with Crippen LogP contribution in [-0.4, -0.2) is 19.7 Å². The van der Waals surface area contributed by atoms with Gasteiger partial charge in [0.2, 0.25) is 0 Å². The smallest absolute Gasteiger partial charge is 0.376 e. The molecule has 3 aromatic carbocycles. The predicted molar refractivity (Wildman–Crippen MR) is 134 cm³/mol. The lowest BCUT2D eigenvalue weighted by Crippen LogP contribution is -2.41. The molecule has 1 saturated heterocycles. The number of rotatable bonds is 7. The van der Waals surface area contributed by atoms with Crippen molar-refractivity contribution in [1.29, 1.82) is 5.26 Å². The second-order valence-corrected chi connectivity index (χ2v) is 10.00. The highest BCUT2D eigenvalue weighted by Gasteiger charge is 2.36. The van der Waals surface area contributed by atoms with E-state index >= 15 is 0 Å². The summed E-state index contributed by atoms with van der Waals surface area (Å²) in [5.41, 5.74) is 1.10. The van der Waals surface area contributed by atoms with Crippen LogP contribution in [0, 0.1) is 16.7 Å². The monoisotopic (exact) mass is 542 g/mol. The molecule has 0 saturated carbocycles. The molecule has 1 aliphatic rings. The summed E-state index contributed by atoms with van der Waals surface area (Å²) in [5.74, 6) is 0. The van der Waals surface area contributed by atoms with Crippen LogP contribution >= 0.6 is 15.9 Å². The highest BCUT2D eigenvalue weighted by Crippen LogP contribution is 2.38. The molecule has 0 aromatic heterocycles. The average Bonchev–Trinajstić information content (AvgIpc) is 2.84. The van der Waals surface area contributed by atoms with E-state index in [0.29, 0.717) is 17.7 Å². The van der Waals surface area contributed by atoms with Gasteiger partial charge < -0.3 is 10.1 Å². The third-order valence-corrected chi connectivity index (χ3v) is 7.04. The van der Waals surface area contributed by atoms with E-state index in [4.69, 9.17) is 4.74 Å². The van der Waals surface area contributed by atoms with Crippen LogP contribution < -0.4 is 5.32 Å². The van der Waals surface area contributed by atoms with E-state index in [1.54, 1.807) is 36.4 Å².